The van der Waals surface area contributed by atoms with Crippen LogP contribution in [0.1, 0.15) is 28.9 Å². The number of H-pyrrole nitrogens is 1. The summed E-state index contributed by atoms with van der Waals surface area (Å²) in [6.07, 6.45) is 2.37. The van der Waals surface area contributed by atoms with Crippen molar-refractivity contribution < 1.29 is 4.79 Å². The standard InChI is InChI=1S/C22H22Cl2N4O2/c23-18-8-7-15(13-19(18)24)14-28(12-11-27-9-3-4-10-27)22(30)20-16-5-1-2-6-17(16)21(29)26-25-20/h1-2,5-8,13H,3-4,9-12,14H2,(H,26,29). The molecular formula is C22H22Cl2N4O2. The predicted octanol–water partition coefficient (Wildman–Crippen LogP) is 3.97. The van der Waals surface area contributed by atoms with Gasteiger partial charge in [-0.25, -0.2) is 5.10 Å². The number of fused-ring (bicyclic) bond motifs is 1. The second-order valence-electron chi connectivity index (χ2n) is 7.47. The maximum atomic E-state index is 13.5. The van der Waals surface area contributed by atoms with Crippen molar-refractivity contribution >= 4 is 39.9 Å². The van der Waals surface area contributed by atoms with E-state index in [1.54, 1.807) is 41.3 Å². The summed E-state index contributed by atoms with van der Waals surface area (Å²) in [6.45, 7) is 3.81. The van der Waals surface area contributed by atoms with Crippen molar-refractivity contribution in [3.8, 4) is 0 Å². The Kier molecular flexibility index (Phi) is 6.37. The topological polar surface area (TPSA) is 69.3 Å². The predicted molar refractivity (Wildman–Crippen MR) is 119 cm³/mol. The number of nitrogens with zero attached hydrogens (tertiary/aromatic N) is 3. The zero-order valence-corrected chi connectivity index (χ0v) is 17.9. The molecule has 0 aliphatic carbocycles. The van der Waals surface area contributed by atoms with Crippen molar-refractivity contribution in [1.29, 1.82) is 0 Å². The molecule has 0 spiro atoms. The highest BCUT2D eigenvalue weighted by Gasteiger charge is 2.23. The van der Waals surface area contributed by atoms with Crippen LogP contribution in [0.3, 0.4) is 0 Å². The minimum absolute atomic E-state index is 0.229. The van der Waals surface area contributed by atoms with E-state index >= 15 is 0 Å². The molecule has 1 N–H and O–H groups in total. The molecule has 1 amide bonds. The van der Waals surface area contributed by atoms with E-state index in [4.69, 9.17) is 23.2 Å². The van der Waals surface area contributed by atoms with Crippen LogP contribution >= 0.6 is 23.2 Å². The maximum Gasteiger partial charge on any atom is 0.275 e. The molecule has 0 radical (unpaired) electrons. The van der Waals surface area contributed by atoms with Gasteiger partial charge >= 0.3 is 0 Å². The second-order valence-corrected chi connectivity index (χ2v) is 8.29. The smallest absolute Gasteiger partial charge is 0.275 e. The van der Waals surface area contributed by atoms with Gasteiger partial charge in [0.05, 0.1) is 15.4 Å². The van der Waals surface area contributed by atoms with Gasteiger partial charge in [-0.1, -0.05) is 47.5 Å². The van der Waals surface area contributed by atoms with Crippen molar-refractivity contribution in [2.24, 2.45) is 0 Å². The van der Waals surface area contributed by atoms with Crippen molar-refractivity contribution in [1.82, 2.24) is 20.0 Å². The van der Waals surface area contributed by atoms with Gasteiger partial charge in [0.1, 0.15) is 0 Å². The Balaban J connectivity index is 1.65. The lowest BCUT2D eigenvalue weighted by atomic mass is 10.1. The molecule has 0 atom stereocenters. The Morgan fingerprint density at radius 3 is 2.53 bits per heavy atom. The van der Waals surface area contributed by atoms with Crippen molar-refractivity contribution in [3.63, 3.8) is 0 Å². The third-order valence-corrected chi connectivity index (χ3v) is 6.17. The first-order valence-electron chi connectivity index (χ1n) is 9.96. The summed E-state index contributed by atoms with van der Waals surface area (Å²) in [5, 5.41) is 8.47. The van der Waals surface area contributed by atoms with Crippen LogP contribution in [0.4, 0.5) is 0 Å². The maximum absolute atomic E-state index is 13.5. The number of aromatic amines is 1. The van der Waals surface area contributed by atoms with Gasteiger partial charge in [-0.3, -0.25) is 9.59 Å². The summed E-state index contributed by atoms with van der Waals surface area (Å²) in [4.78, 5) is 29.7. The fourth-order valence-corrected chi connectivity index (χ4v) is 4.13. The second kappa shape index (κ2) is 9.16. The number of benzene rings is 2. The monoisotopic (exact) mass is 444 g/mol. The van der Waals surface area contributed by atoms with E-state index in [0.717, 1.165) is 25.2 Å². The van der Waals surface area contributed by atoms with Gasteiger partial charge < -0.3 is 9.80 Å². The fraction of sp³-hybridized carbons (Fsp3) is 0.318. The molecule has 156 valence electrons. The van der Waals surface area contributed by atoms with Crippen LogP contribution in [0.25, 0.3) is 10.8 Å². The van der Waals surface area contributed by atoms with Crippen LogP contribution < -0.4 is 5.56 Å². The molecule has 1 aromatic heterocycles. The fourth-order valence-electron chi connectivity index (χ4n) is 3.81. The lowest BCUT2D eigenvalue weighted by Gasteiger charge is -2.26. The first-order valence-corrected chi connectivity index (χ1v) is 10.7. The largest absolute Gasteiger partial charge is 0.332 e. The van der Waals surface area contributed by atoms with Crippen LogP contribution in [-0.4, -0.2) is 52.1 Å². The zero-order chi connectivity index (χ0) is 21.1. The highest BCUT2D eigenvalue weighted by Crippen LogP contribution is 2.24. The Bertz CT molecular complexity index is 1130. The molecule has 1 aliphatic heterocycles. The number of hydrogen-bond donors (Lipinski definition) is 1. The summed E-state index contributed by atoms with van der Waals surface area (Å²) >= 11 is 12.2. The number of aromatic nitrogens is 2. The highest BCUT2D eigenvalue weighted by molar-refractivity contribution is 6.42. The average molecular weight is 445 g/mol. The Labute approximate surface area is 184 Å². The number of hydrogen-bond acceptors (Lipinski definition) is 4. The van der Waals surface area contributed by atoms with Crippen LogP contribution in [0.15, 0.2) is 47.3 Å². The average Bonchev–Trinajstić information content (AvgIpc) is 3.27. The molecule has 1 fully saturated rings. The summed E-state index contributed by atoms with van der Waals surface area (Å²) in [5.41, 5.74) is 0.815. The molecule has 6 nitrogen and oxygen atoms in total. The van der Waals surface area contributed by atoms with Gasteiger partial charge in [0.15, 0.2) is 5.69 Å². The van der Waals surface area contributed by atoms with E-state index in [9.17, 15) is 9.59 Å². The van der Waals surface area contributed by atoms with E-state index in [-0.39, 0.29) is 17.2 Å². The number of likely N-dealkylation sites (tertiary alicyclic amines) is 1. The molecule has 0 unspecified atom stereocenters. The summed E-state index contributed by atoms with van der Waals surface area (Å²) in [7, 11) is 0. The quantitative estimate of drug-likeness (QED) is 0.624. The van der Waals surface area contributed by atoms with Crippen molar-refractivity contribution in [2.45, 2.75) is 19.4 Å². The lowest BCUT2D eigenvalue weighted by Crippen LogP contribution is -2.38. The molecule has 0 bridgehead atoms. The third kappa shape index (κ3) is 4.51. The molecular weight excluding hydrogens is 423 g/mol. The molecule has 2 heterocycles. The third-order valence-electron chi connectivity index (χ3n) is 5.43. The number of carbonyl (C=O) groups excluding carboxylic acids is 1. The van der Waals surface area contributed by atoms with Crippen LogP contribution in [0.2, 0.25) is 10.0 Å². The van der Waals surface area contributed by atoms with Gasteiger partial charge in [0.25, 0.3) is 11.5 Å². The van der Waals surface area contributed by atoms with Gasteiger partial charge in [0.2, 0.25) is 0 Å². The van der Waals surface area contributed by atoms with Gasteiger partial charge in [-0.05, 0) is 49.7 Å². The molecule has 8 heteroatoms. The number of rotatable bonds is 6. The molecule has 3 aromatic rings. The molecule has 2 aromatic carbocycles. The lowest BCUT2D eigenvalue weighted by molar-refractivity contribution is 0.0722. The van der Waals surface area contributed by atoms with Crippen molar-refractivity contribution in [2.75, 3.05) is 26.2 Å². The van der Waals surface area contributed by atoms with Gasteiger partial charge in [-0.2, -0.15) is 5.10 Å². The summed E-state index contributed by atoms with van der Waals surface area (Å²) in [5.74, 6) is -0.229. The normalized spacial score (nSPS) is 14.3. The molecule has 4 rings (SSSR count). The van der Waals surface area contributed by atoms with Gasteiger partial charge in [0, 0.05) is 25.0 Å². The SMILES string of the molecule is O=C(c1n[nH]c(=O)c2ccccc12)N(CCN1CCCC1)Cc1ccc(Cl)c(Cl)c1. The highest BCUT2D eigenvalue weighted by atomic mass is 35.5. The zero-order valence-electron chi connectivity index (χ0n) is 16.4. The molecule has 0 saturated carbocycles. The first kappa shape index (κ1) is 20.8. The number of halogens is 2. The van der Waals surface area contributed by atoms with Crippen LogP contribution in [0, 0.1) is 0 Å². The van der Waals surface area contributed by atoms with E-state index < -0.39 is 0 Å². The van der Waals surface area contributed by atoms with E-state index in [2.05, 4.69) is 15.1 Å². The van der Waals surface area contributed by atoms with Crippen molar-refractivity contribution in [3.05, 3.63) is 74.1 Å². The number of carbonyl (C=O) groups is 1. The molecule has 30 heavy (non-hydrogen) atoms. The minimum Gasteiger partial charge on any atom is -0.332 e. The molecule has 1 saturated heterocycles. The van der Waals surface area contributed by atoms with E-state index in [1.807, 2.05) is 6.07 Å². The first-order chi connectivity index (χ1) is 14.5. The van der Waals surface area contributed by atoms with Crippen LogP contribution in [0.5, 0.6) is 0 Å². The minimum atomic E-state index is -0.310. The molecule has 1 aliphatic rings. The Hall–Kier alpha value is -2.41. The number of amides is 1. The van der Waals surface area contributed by atoms with E-state index in [0.29, 0.717) is 33.9 Å². The van der Waals surface area contributed by atoms with Crippen LogP contribution in [-0.2, 0) is 6.54 Å². The van der Waals surface area contributed by atoms with Gasteiger partial charge in [-0.15, -0.1) is 0 Å². The number of nitrogens with one attached hydrogen (secondary N) is 1. The Morgan fingerprint density at radius 1 is 1.07 bits per heavy atom. The van der Waals surface area contributed by atoms with E-state index in [1.165, 1.54) is 12.8 Å². The summed E-state index contributed by atoms with van der Waals surface area (Å²) in [6, 6.07) is 12.4. The summed E-state index contributed by atoms with van der Waals surface area (Å²) < 4.78 is 0. The Morgan fingerprint density at radius 2 is 1.80 bits per heavy atom.